The first kappa shape index (κ1) is 14.2. The maximum absolute atomic E-state index is 5.65. The van der Waals surface area contributed by atoms with E-state index < -0.39 is 0 Å². The standard InChI is InChI=1S/C10H9Br3N2S2/c11-8-2-1-5(16-8)3-7(15-14)6-4-9(12)17-10(6)13/h1-2,4,7,15H,3,14H2. The van der Waals surface area contributed by atoms with Crippen LogP contribution in [0, 0.1) is 0 Å². The van der Waals surface area contributed by atoms with Gasteiger partial charge in [-0.05, 0) is 71.6 Å². The molecule has 0 amide bonds. The second kappa shape index (κ2) is 6.27. The second-order valence-electron chi connectivity index (χ2n) is 3.41. The van der Waals surface area contributed by atoms with Crippen molar-refractivity contribution in [2.24, 2.45) is 5.84 Å². The van der Waals surface area contributed by atoms with E-state index in [0.717, 1.165) is 17.8 Å². The van der Waals surface area contributed by atoms with E-state index in [1.54, 1.807) is 22.7 Å². The molecule has 2 nitrogen and oxygen atoms in total. The topological polar surface area (TPSA) is 38.0 Å². The lowest BCUT2D eigenvalue weighted by atomic mass is 10.1. The maximum atomic E-state index is 5.65. The van der Waals surface area contributed by atoms with Gasteiger partial charge in [-0.2, -0.15) is 0 Å². The third kappa shape index (κ3) is 3.62. The van der Waals surface area contributed by atoms with Crippen molar-refractivity contribution in [1.82, 2.24) is 5.43 Å². The van der Waals surface area contributed by atoms with Gasteiger partial charge in [-0.3, -0.25) is 11.3 Å². The molecule has 0 bridgehead atoms. The van der Waals surface area contributed by atoms with Crippen LogP contribution in [0.25, 0.3) is 0 Å². The lowest BCUT2D eigenvalue weighted by molar-refractivity contribution is 0.555. The molecule has 0 aliphatic carbocycles. The SMILES string of the molecule is NNC(Cc1ccc(Br)s1)c1cc(Br)sc1Br. The molecule has 2 heterocycles. The Morgan fingerprint density at radius 1 is 1.18 bits per heavy atom. The highest BCUT2D eigenvalue weighted by molar-refractivity contribution is 9.12. The van der Waals surface area contributed by atoms with Gasteiger partial charge in [0.1, 0.15) is 0 Å². The summed E-state index contributed by atoms with van der Waals surface area (Å²) in [4.78, 5) is 1.30. The monoisotopic (exact) mass is 458 g/mol. The Labute approximate surface area is 133 Å². The van der Waals surface area contributed by atoms with Gasteiger partial charge >= 0.3 is 0 Å². The summed E-state index contributed by atoms with van der Waals surface area (Å²) in [5, 5.41) is 0. The van der Waals surface area contributed by atoms with Crippen LogP contribution >= 0.6 is 70.5 Å². The maximum Gasteiger partial charge on any atom is 0.0758 e. The average Bonchev–Trinajstić information content (AvgIpc) is 2.82. The summed E-state index contributed by atoms with van der Waals surface area (Å²) < 4.78 is 3.36. The summed E-state index contributed by atoms with van der Waals surface area (Å²) in [6, 6.07) is 6.40. The number of nitrogens with two attached hydrogens (primary N) is 1. The lowest BCUT2D eigenvalue weighted by Crippen LogP contribution is -2.29. The van der Waals surface area contributed by atoms with Crippen LogP contribution in [0.2, 0.25) is 0 Å². The predicted molar refractivity (Wildman–Crippen MR) is 85.5 cm³/mol. The van der Waals surface area contributed by atoms with Crippen LogP contribution in [-0.2, 0) is 6.42 Å². The fraction of sp³-hybridized carbons (Fsp3) is 0.200. The summed E-state index contributed by atoms with van der Waals surface area (Å²) in [6.07, 6.45) is 0.883. The minimum absolute atomic E-state index is 0.123. The van der Waals surface area contributed by atoms with Crippen molar-refractivity contribution < 1.29 is 0 Å². The van der Waals surface area contributed by atoms with E-state index >= 15 is 0 Å². The van der Waals surface area contributed by atoms with Crippen LogP contribution in [-0.4, -0.2) is 0 Å². The Morgan fingerprint density at radius 2 is 1.94 bits per heavy atom. The number of hydrazine groups is 1. The van der Waals surface area contributed by atoms with Gasteiger partial charge in [0.2, 0.25) is 0 Å². The molecule has 0 fully saturated rings. The molecule has 92 valence electrons. The van der Waals surface area contributed by atoms with Crippen LogP contribution in [0.1, 0.15) is 16.5 Å². The highest BCUT2D eigenvalue weighted by Gasteiger charge is 2.17. The van der Waals surface area contributed by atoms with Gasteiger partial charge in [0.05, 0.1) is 17.4 Å². The molecule has 0 aromatic carbocycles. The molecule has 7 heteroatoms. The van der Waals surface area contributed by atoms with Gasteiger partial charge < -0.3 is 0 Å². The molecule has 1 atom stereocenters. The first-order chi connectivity index (χ1) is 8.10. The number of halogens is 3. The minimum atomic E-state index is 0.123. The molecule has 0 saturated carbocycles. The molecule has 2 rings (SSSR count). The molecule has 0 spiro atoms. The summed E-state index contributed by atoms with van der Waals surface area (Å²) in [5.41, 5.74) is 4.07. The normalized spacial score (nSPS) is 12.9. The zero-order valence-electron chi connectivity index (χ0n) is 8.54. The smallest absolute Gasteiger partial charge is 0.0758 e. The molecule has 2 aromatic heterocycles. The number of hydrogen-bond donors (Lipinski definition) is 2. The molecule has 0 saturated heterocycles. The third-order valence-electron chi connectivity index (χ3n) is 2.29. The number of nitrogens with one attached hydrogen (secondary N) is 1. The molecular formula is C10H9Br3N2S2. The van der Waals surface area contributed by atoms with Gasteiger partial charge in [-0.25, -0.2) is 0 Å². The molecular weight excluding hydrogens is 452 g/mol. The fourth-order valence-corrected chi connectivity index (χ4v) is 6.01. The lowest BCUT2D eigenvalue weighted by Gasteiger charge is -2.14. The summed E-state index contributed by atoms with van der Waals surface area (Å²) in [5.74, 6) is 5.65. The molecule has 0 aliphatic heterocycles. The van der Waals surface area contributed by atoms with Gasteiger partial charge in [0, 0.05) is 11.3 Å². The predicted octanol–water partition coefficient (Wildman–Crippen LogP) is 4.84. The summed E-state index contributed by atoms with van der Waals surface area (Å²) >= 11 is 13.9. The Balaban J connectivity index is 2.19. The van der Waals surface area contributed by atoms with Crippen molar-refractivity contribution in [1.29, 1.82) is 0 Å². The highest BCUT2D eigenvalue weighted by Crippen LogP contribution is 2.37. The van der Waals surface area contributed by atoms with Gasteiger partial charge in [0.15, 0.2) is 0 Å². The molecule has 1 unspecified atom stereocenters. The van der Waals surface area contributed by atoms with Gasteiger partial charge in [0.25, 0.3) is 0 Å². The zero-order chi connectivity index (χ0) is 12.4. The van der Waals surface area contributed by atoms with Crippen molar-refractivity contribution in [2.45, 2.75) is 12.5 Å². The van der Waals surface area contributed by atoms with Gasteiger partial charge in [-0.1, -0.05) is 0 Å². The Bertz CT molecular complexity index is 509. The van der Waals surface area contributed by atoms with Crippen molar-refractivity contribution in [3.63, 3.8) is 0 Å². The van der Waals surface area contributed by atoms with Gasteiger partial charge in [-0.15, -0.1) is 22.7 Å². The highest BCUT2D eigenvalue weighted by atomic mass is 79.9. The molecule has 0 radical (unpaired) electrons. The van der Waals surface area contributed by atoms with E-state index in [9.17, 15) is 0 Å². The second-order valence-corrected chi connectivity index (χ2v) is 9.71. The van der Waals surface area contributed by atoms with Crippen molar-refractivity contribution in [3.8, 4) is 0 Å². The molecule has 0 aliphatic rings. The van der Waals surface area contributed by atoms with E-state index in [4.69, 9.17) is 5.84 Å². The Morgan fingerprint density at radius 3 is 2.41 bits per heavy atom. The van der Waals surface area contributed by atoms with E-state index in [1.165, 1.54) is 10.4 Å². The van der Waals surface area contributed by atoms with Crippen molar-refractivity contribution in [2.75, 3.05) is 0 Å². The van der Waals surface area contributed by atoms with E-state index in [2.05, 4.69) is 71.4 Å². The number of hydrogen-bond acceptors (Lipinski definition) is 4. The number of rotatable bonds is 4. The van der Waals surface area contributed by atoms with E-state index in [-0.39, 0.29) is 6.04 Å². The molecule has 3 N–H and O–H groups in total. The molecule has 17 heavy (non-hydrogen) atoms. The average molecular weight is 461 g/mol. The summed E-state index contributed by atoms with van der Waals surface area (Å²) in [7, 11) is 0. The first-order valence-electron chi connectivity index (χ1n) is 4.75. The van der Waals surface area contributed by atoms with Crippen LogP contribution in [0.3, 0.4) is 0 Å². The first-order valence-corrected chi connectivity index (χ1v) is 8.76. The fourth-order valence-electron chi connectivity index (χ4n) is 1.51. The quantitative estimate of drug-likeness (QED) is 0.506. The molecule has 2 aromatic rings. The van der Waals surface area contributed by atoms with Crippen LogP contribution in [0.4, 0.5) is 0 Å². The van der Waals surface area contributed by atoms with Crippen molar-refractivity contribution >= 4 is 70.5 Å². The number of thiophene rings is 2. The minimum Gasteiger partial charge on any atom is -0.271 e. The van der Waals surface area contributed by atoms with Crippen LogP contribution < -0.4 is 11.3 Å². The Kier molecular flexibility index (Phi) is 5.23. The van der Waals surface area contributed by atoms with Crippen molar-refractivity contribution in [3.05, 3.63) is 40.0 Å². The van der Waals surface area contributed by atoms with Crippen LogP contribution in [0.15, 0.2) is 29.6 Å². The van der Waals surface area contributed by atoms with E-state index in [0.29, 0.717) is 0 Å². The third-order valence-corrected chi connectivity index (χ3v) is 6.33. The Hall–Kier alpha value is 0.760. The largest absolute Gasteiger partial charge is 0.271 e. The zero-order valence-corrected chi connectivity index (χ0v) is 14.9. The van der Waals surface area contributed by atoms with Crippen LogP contribution in [0.5, 0.6) is 0 Å². The van der Waals surface area contributed by atoms with E-state index in [1.807, 2.05) is 0 Å². The summed E-state index contributed by atoms with van der Waals surface area (Å²) in [6.45, 7) is 0.